The lowest BCUT2D eigenvalue weighted by atomic mass is 10.2. The summed E-state index contributed by atoms with van der Waals surface area (Å²) in [4.78, 5) is 18.4. The molecule has 0 radical (unpaired) electrons. The molecular formula is C23H31ClN4O3. The summed E-state index contributed by atoms with van der Waals surface area (Å²) in [6, 6.07) is 3.03. The van der Waals surface area contributed by atoms with E-state index in [2.05, 4.69) is 28.8 Å². The van der Waals surface area contributed by atoms with Crippen molar-refractivity contribution in [1.82, 2.24) is 15.2 Å². The van der Waals surface area contributed by atoms with E-state index in [1.54, 1.807) is 25.3 Å². The molecule has 0 aliphatic rings. The first kappa shape index (κ1) is 26.0. The van der Waals surface area contributed by atoms with Crippen LogP contribution in [0.1, 0.15) is 13.8 Å². The highest BCUT2D eigenvalue weighted by Crippen LogP contribution is 2.16. The highest BCUT2D eigenvalue weighted by atomic mass is 35.5. The van der Waals surface area contributed by atoms with Crippen LogP contribution >= 0.6 is 11.6 Å². The van der Waals surface area contributed by atoms with Gasteiger partial charge < -0.3 is 25.0 Å². The number of ether oxygens (including phenoxy) is 2. The predicted molar refractivity (Wildman–Crippen MR) is 127 cm³/mol. The summed E-state index contributed by atoms with van der Waals surface area (Å²) in [5.41, 5.74) is 3.09. The van der Waals surface area contributed by atoms with E-state index < -0.39 is 0 Å². The molecule has 1 aromatic rings. The molecule has 1 heterocycles. The number of rotatable bonds is 12. The van der Waals surface area contributed by atoms with Crippen molar-refractivity contribution in [2.75, 3.05) is 39.2 Å². The van der Waals surface area contributed by atoms with Gasteiger partial charge in [-0.1, -0.05) is 42.5 Å². The van der Waals surface area contributed by atoms with Gasteiger partial charge in [-0.25, -0.2) is 9.78 Å². The Hall–Kier alpha value is -3.03. The third kappa shape index (κ3) is 10.0. The monoisotopic (exact) mass is 446 g/mol. The van der Waals surface area contributed by atoms with Crippen LogP contribution in [0.5, 0.6) is 5.88 Å². The Bertz CT molecular complexity index is 845. The van der Waals surface area contributed by atoms with E-state index in [0.717, 1.165) is 11.3 Å². The number of methoxy groups -OCH3 is 1. The molecule has 0 spiro atoms. The van der Waals surface area contributed by atoms with Crippen LogP contribution in [-0.4, -0.2) is 49.8 Å². The summed E-state index contributed by atoms with van der Waals surface area (Å²) in [6.07, 6.45) is 8.71. The number of nitrogens with one attached hydrogen (secondary N) is 2. The first-order valence-corrected chi connectivity index (χ1v) is 10.1. The van der Waals surface area contributed by atoms with Crippen molar-refractivity contribution >= 4 is 23.3 Å². The molecule has 0 saturated carbocycles. The van der Waals surface area contributed by atoms with Crippen molar-refractivity contribution in [2.24, 2.45) is 0 Å². The van der Waals surface area contributed by atoms with E-state index in [9.17, 15) is 4.79 Å². The van der Waals surface area contributed by atoms with E-state index in [1.165, 1.54) is 12.3 Å². The highest BCUT2D eigenvalue weighted by Gasteiger charge is 2.10. The average molecular weight is 447 g/mol. The maximum Gasteiger partial charge on any atom is 0.319 e. The Morgan fingerprint density at radius 3 is 2.65 bits per heavy atom. The second-order valence-electron chi connectivity index (χ2n) is 6.49. The van der Waals surface area contributed by atoms with Crippen LogP contribution in [0, 0.1) is 0 Å². The lowest BCUT2D eigenvalue weighted by Gasteiger charge is -2.24. The number of aromatic nitrogens is 1. The van der Waals surface area contributed by atoms with Gasteiger partial charge >= 0.3 is 6.03 Å². The number of urea groups is 1. The van der Waals surface area contributed by atoms with E-state index >= 15 is 0 Å². The maximum absolute atomic E-state index is 12.4. The SMILES string of the molecule is C=CC(Cl)=CC(=C)N(C)C(=CC(C)=CC)CNC(=O)Nc1ccc(OCCOC)nc1. The molecule has 0 saturated heterocycles. The highest BCUT2D eigenvalue weighted by molar-refractivity contribution is 6.31. The molecule has 1 rings (SSSR count). The number of pyridine rings is 1. The fraction of sp³-hybridized carbons (Fsp3) is 0.304. The average Bonchev–Trinajstić information content (AvgIpc) is 2.77. The van der Waals surface area contributed by atoms with Crippen LogP contribution in [0.2, 0.25) is 0 Å². The van der Waals surface area contributed by atoms with Crippen LogP contribution in [-0.2, 0) is 4.74 Å². The summed E-state index contributed by atoms with van der Waals surface area (Å²) in [5.74, 6) is 0.460. The number of carbonyl (C=O) groups excluding carboxylic acids is 1. The van der Waals surface area contributed by atoms with E-state index in [4.69, 9.17) is 21.1 Å². The summed E-state index contributed by atoms with van der Waals surface area (Å²) in [6.45, 7) is 12.7. The second-order valence-corrected chi connectivity index (χ2v) is 6.92. The number of likely N-dealkylation sites (N-methyl/N-ethyl adjacent to an activating group) is 1. The fourth-order valence-electron chi connectivity index (χ4n) is 2.23. The van der Waals surface area contributed by atoms with Gasteiger partial charge in [-0.05, 0) is 32.1 Å². The number of amides is 2. The van der Waals surface area contributed by atoms with Crippen molar-refractivity contribution in [2.45, 2.75) is 13.8 Å². The van der Waals surface area contributed by atoms with Crippen LogP contribution in [0.3, 0.4) is 0 Å². The van der Waals surface area contributed by atoms with Crippen molar-refractivity contribution in [1.29, 1.82) is 0 Å². The Balaban J connectivity index is 2.75. The third-order valence-corrected chi connectivity index (χ3v) is 4.44. The lowest BCUT2D eigenvalue weighted by Crippen LogP contribution is -2.34. The first-order valence-electron chi connectivity index (χ1n) is 9.69. The molecule has 0 fully saturated rings. The summed E-state index contributed by atoms with van der Waals surface area (Å²) >= 11 is 6.03. The van der Waals surface area contributed by atoms with Gasteiger partial charge in [0.05, 0.1) is 25.0 Å². The van der Waals surface area contributed by atoms with E-state index in [-0.39, 0.29) is 12.6 Å². The lowest BCUT2D eigenvalue weighted by molar-refractivity contribution is 0.144. The molecule has 7 nitrogen and oxygen atoms in total. The molecule has 2 amide bonds. The van der Waals surface area contributed by atoms with E-state index in [1.807, 2.05) is 37.9 Å². The van der Waals surface area contributed by atoms with Gasteiger partial charge in [-0.3, -0.25) is 0 Å². The Morgan fingerprint density at radius 1 is 1.32 bits per heavy atom. The number of nitrogens with zero attached hydrogens (tertiary/aromatic N) is 2. The van der Waals surface area contributed by atoms with Crippen LogP contribution in [0.15, 0.2) is 77.8 Å². The van der Waals surface area contributed by atoms with E-state index in [0.29, 0.717) is 35.5 Å². The number of carbonyl (C=O) groups is 1. The molecule has 2 N–H and O–H groups in total. The van der Waals surface area contributed by atoms with Gasteiger partial charge in [0.1, 0.15) is 6.61 Å². The fourth-order valence-corrected chi connectivity index (χ4v) is 2.35. The van der Waals surface area contributed by atoms with Crippen LogP contribution in [0.4, 0.5) is 10.5 Å². The summed E-state index contributed by atoms with van der Waals surface area (Å²) in [5, 5.41) is 6.07. The Kier molecular flexibility index (Phi) is 11.8. The van der Waals surface area contributed by atoms with Crippen LogP contribution in [0.25, 0.3) is 0 Å². The number of hydrogen-bond acceptors (Lipinski definition) is 5. The van der Waals surface area contributed by atoms with Gasteiger partial charge in [0.15, 0.2) is 0 Å². The predicted octanol–water partition coefficient (Wildman–Crippen LogP) is 4.83. The van der Waals surface area contributed by atoms with Gasteiger partial charge in [-0.15, -0.1) is 0 Å². The van der Waals surface area contributed by atoms with Crippen molar-refractivity contribution < 1.29 is 14.3 Å². The topological polar surface area (TPSA) is 75.7 Å². The molecule has 0 unspecified atom stereocenters. The standard InChI is InChI=1S/C23H31ClN4O3/c1-7-17(3)13-21(28(5)18(4)14-19(24)8-2)16-26-23(29)27-20-9-10-22(25-15-20)31-12-11-30-6/h7-10,13-15H,2,4,11-12,16H2,1,3,5-6H3,(H2,26,27,29). The Labute approximate surface area is 189 Å². The van der Waals surface area contributed by atoms with Crippen molar-refractivity contribution in [3.63, 3.8) is 0 Å². The minimum absolute atomic E-state index is 0.276. The molecule has 168 valence electrons. The zero-order valence-electron chi connectivity index (χ0n) is 18.6. The number of halogens is 1. The third-order valence-electron chi connectivity index (χ3n) is 4.17. The van der Waals surface area contributed by atoms with Gasteiger partial charge in [0.25, 0.3) is 0 Å². The number of hydrogen-bond donors (Lipinski definition) is 2. The normalized spacial score (nSPS) is 12.2. The zero-order chi connectivity index (χ0) is 23.2. The summed E-state index contributed by atoms with van der Waals surface area (Å²) < 4.78 is 10.3. The quantitative estimate of drug-likeness (QED) is 0.355. The molecule has 0 aromatic carbocycles. The Morgan fingerprint density at radius 2 is 2.06 bits per heavy atom. The van der Waals surface area contributed by atoms with Gasteiger partial charge in [0.2, 0.25) is 5.88 Å². The number of anilines is 1. The van der Waals surface area contributed by atoms with Gasteiger partial charge in [0, 0.05) is 36.7 Å². The minimum atomic E-state index is -0.363. The molecule has 0 atom stereocenters. The van der Waals surface area contributed by atoms with Gasteiger partial charge in [-0.2, -0.15) is 0 Å². The maximum atomic E-state index is 12.4. The first-order chi connectivity index (χ1) is 14.8. The molecular weight excluding hydrogens is 416 g/mol. The molecule has 1 aromatic heterocycles. The number of allylic oxidation sites excluding steroid dienone is 6. The smallest absolute Gasteiger partial charge is 0.319 e. The molecule has 8 heteroatoms. The molecule has 0 bridgehead atoms. The molecule has 0 aliphatic heterocycles. The molecule has 31 heavy (non-hydrogen) atoms. The van der Waals surface area contributed by atoms with Crippen molar-refractivity contribution in [3.05, 3.63) is 77.8 Å². The summed E-state index contributed by atoms with van der Waals surface area (Å²) in [7, 11) is 3.45. The van der Waals surface area contributed by atoms with Crippen molar-refractivity contribution in [3.8, 4) is 5.88 Å². The molecule has 0 aliphatic carbocycles. The second kappa shape index (κ2) is 14.1. The van der Waals surface area contributed by atoms with Crippen LogP contribution < -0.4 is 15.4 Å². The zero-order valence-corrected chi connectivity index (χ0v) is 19.3. The largest absolute Gasteiger partial charge is 0.475 e. The minimum Gasteiger partial charge on any atom is -0.475 e.